The largest absolute Gasteiger partial charge is 0.465 e. The Hall–Kier alpha value is -1.17. The van der Waals surface area contributed by atoms with E-state index in [4.69, 9.17) is 10.5 Å². The van der Waals surface area contributed by atoms with Gasteiger partial charge in [0.2, 0.25) is 5.91 Å². The van der Waals surface area contributed by atoms with Crippen LogP contribution in [0.4, 0.5) is 0 Å². The first-order chi connectivity index (χ1) is 7.53. The van der Waals surface area contributed by atoms with Crippen molar-refractivity contribution in [1.29, 1.82) is 0 Å². The lowest BCUT2D eigenvalue weighted by Crippen LogP contribution is -2.48. The summed E-state index contributed by atoms with van der Waals surface area (Å²) in [7, 11) is 0. The number of thiocarbonyl (C=S) groups is 1. The molecule has 0 radical (unpaired) electrons. The van der Waals surface area contributed by atoms with Gasteiger partial charge in [-0.05, 0) is 18.6 Å². The van der Waals surface area contributed by atoms with Gasteiger partial charge in [0.15, 0.2) is 5.11 Å². The van der Waals surface area contributed by atoms with Crippen molar-refractivity contribution in [3.63, 3.8) is 0 Å². The first-order valence-electron chi connectivity index (χ1n) is 5.31. The first-order valence-corrected chi connectivity index (χ1v) is 5.72. The summed E-state index contributed by atoms with van der Waals surface area (Å²) < 4.78 is 4.88. The third-order valence-corrected chi connectivity index (χ3v) is 2.88. The number of unbranched alkanes of at least 4 members (excludes halogenated alkanes) is 1. The molecule has 0 saturated carbocycles. The van der Waals surface area contributed by atoms with E-state index in [0.29, 0.717) is 12.8 Å². The molecule has 0 aromatic carbocycles. The van der Waals surface area contributed by atoms with Crippen molar-refractivity contribution in [2.24, 2.45) is 11.1 Å². The van der Waals surface area contributed by atoms with Gasteiger partial charge in [0.25, 0.3) is 0 Å². The second kappa shape index (κ2) is 5.25. The lowest BCUT2D eigenvalue weighted by atomic mass is 9.80. The number of amides is 1. The van der Waals surface area contributed by atoms with Crippen molar-refractivity contribution in [2.45, 2.75) is 32.6 Å². The molecule has 6 heteroatoms. The fraction of sp³-hybridized carbons (Fsp3) is 0.700. The van der Waals surface area contributed by atoms with Crippen LogP contribution in [-0.4, -0.2) is 23.6 Å². The minimum Gasteiger partial charge on any atom is -0.465 e. The first kappa shape index (κ1) is 12.9. The molecule has 5 nitrogen and oxygen atoms in total. The normalized spacial score (nSPS) is 23.9. The van der Waals surface area contributed by atoms with Gasteiger partial charge >= 0.3 is 5.97 Å². The van der Waals surface area contributed by atoms with Crippen LogP contribution in [0.5, 0.6) is 0 Å². The fourth-order valence-electron chi connectivity index (χ4n) is 1.82. The van der Waals surface area contributed by atoms with Crippen LogP contribution in [0.3, 0.4) is 0 Å². The van der Waals surface area contributed by atoms with Crippen molar-refractivity contribution >= 4 is 29.2 Å². The van der Waals surface area contributed by atoms with Crippen LogP contribution >= 0.6 is 12.2 Å². The minimum atomic E-state index is -1.08. The van der Waals surface area contributed by atoms with Gasteiger partial charge in [-0.25, -0.2) is 0 Å². The topological polar surface area (TPSA) is 81.4 Å². The number of ether oxygens (including phenoxy) is 1. The van der Waals surface area contributed by atoms with Gasteiger partial charge in [0.05, 0.1) is 6.61 Å². The second-order valence-electron chi connectivity index (χ2n) is 3.89. The molecule has 16 heavy (non-hydrogen) atoms. The Morgan fingerprint density at radius 3 is 2.81 bits per heavy atom. The number of carbonyl (C=O) groups is 2. The summed E-state index contributed by atoms with van der Waals surface area (Å²) in [5.74, 6) is -0.898. The Kier molecular flexibility index (Phi) is 4.23. The monoisotopic (exact) mass is 244 g/mol. The molecule has 1 fully saturated rings. The molecule has 1 heterocycles. The summed E-state index contributed by atoms with van der Waals surface area (Å²) in [5, 5.41) is 2.22. The predicted octanol–water partition coefficient (Wildman–Crippen LogP) is 0.470. The molecule has 0 unspecified atom stereocenters. The molecular weight excluding hydrogens is 228 g/mol. The molecule has 1 saturated heterocycles. The van der Waals surface area contributed by atoms with Crippen LogP contribution in [0.1, 0.15) is 32.6 Å². The third-order valence-electron chi connectivity index (χ3n) is 2.78. The van der Waals surface area contributed by atoms with Gasteiger partial charge in [-0.1, -0.05) is 19.8 Å². The van der Waals surface area contributed by atoms with Gasteiger partial charge in [0, 0.05) is 6.42 Å². The maximum Gasteiger partial charge on any atom is 0.321 e. The molecule has 0 spiro atoms. The summed E-state index contributed by atoms with van der Waals surface area (Å²) in [5.41, 5.74) is 4.16. The van der Waals surface area contributed by atoms with Crippen molar-refractivity contribution in [1.82, 2.24) is 5.32 Å². The zero-order chi connectivity index (χ0) is 12.2. The zero-order valence-electron chi connectivity index (χ0n) is 9.25. The van der Waals surface area contributed by atoms with E-state index in [1.807, 2.05) is 6.92 Å². The highest BCUT2D eigenvalue weighted by Crippen LogP contribution is 2.35. The predicted molar refractivity (Wildman–Crippen MR) is 62.5 cm³/mol. The summed E-state index contributed by atoms with van der Waals surface area (Å²) >= 11 is 4.60. The molecule has 1 atom stereocenters. The van der Waals surface area contributed by atoms with Gasteiger partial charge in [0.1, 0.15) is 5.41 Å². The molecule has 1 aliphatic rings. The van der Waals surface area contributed by atoms with E-state index in [9.17, 15) is 9.59 Å². The van der Waals surface area contributed by atoms with Crippen molar-refractivity contribution in [3.05, 3.63) is 0 Å². The summed E-state index contributed by atoms with van der Waals surface area (Å²) in [4.78, 5) is 23.6. The lowest BCUT2D eigenvalue weighted by Gasteiger charge is -2.22. The van der Waals surface area contributed by atoms with Crippen LogP contribution in [0, 0.1) is 5.41 Å². The number of cyclic esters (lactones) is 1. The maximum atomic E-state index is 11.9. The number of carbonyl (C=O) groups excluding carboxylic acids is 2. The lowest BCUT2D eigenvalue weighted by molar-refractivity contribution is -0.152. The average Bonchev–Trinajstić information content (AvgIpc) is 2.57. The molecule has 0 aliphatic carbocycles. The van der Waals surface area contributed by atoms with E-state index in [1.165, 1.54) is 0 Å². The number of hydrogen-bond acceptors (Lipinski definition) is 4. The summed E-state index contributed by atoms with van der Waals surface area (Å²) in [6, 6.07) is 0. The van der Waals surface area contributed by atoms with Crippen LogP contribution < -0.4 is 11.1 Å². The third kappa shape index (κ3) is 2.49. The van der Waals surface area contributed by atoms with Crippen molar-refractivity contribution in [2.75, 3.05) is 6.61 Å². The molecule has 1 aliphatic heterocycles. The average molecular weight is 244 g/mol. The van der Waals surface area contributed by atoms with Gasteiger partial charge in [-0.3, -0.25) is 9.59 Å². The fourth-order valence-corrected chi connectivity index (χ4v) is 1.91. The molecule has 0 aromatic rings. The Bertz CT molecular complexity index is 319. The quantitative estimate of drug-likeness (QED) is 0.427. The SMILES string of the molecule is CCCC[C@@]1(C(=O)NC(N)=S)CCOC1=O. The van der Waals surface area contributed by atoms with E-state index < -0.39 is 17.3 Å². The van der Waals surface area contributed by atoms with Crippen molar-refractivity contribution in [3.8, 4) is 0 Å². The number of rotatable bonds is 4. The summed E-state index contributed by atoms with van der Waals surface area (Å²) in [6.07, 6.45) is 2.59. The van der Waals surface area contributed by atoms with Gasteiger partial charge < -0.3 is 15.8 Å². The molecule has 0 bridgehead atoms. The number of hydrogen-bond donors (Lipinski definition) is 2. The Labute approximate surface area is 99.7 Å². The van der Waals surface area contributed by atoms with Crippen LogP contribution in [-0.2, 0) is 14.3 Å². The highest BCUT2D eigenvalue weighted by molar-refractivity contribution is 7.80. The Balaban J connectivity index is 2.82. The number of nitrogens with two attached hydrogens (primary N) is 1. The van der Waals surface area contributed by atoms with E-state index in [1.54, 1.807) is 0 Å². The van der Waals surface area contributed by atoms with Crippen LogP contribution in [0.15, 0.2) is 0 Å². The van der Waals surface area contributed by atoms with E-state index in [0.717, 1.165) is 12.8 Å². The molecule has 0 aromatic heterocycles. The van der Waals surface area contributed by atoms with Crippen LogP contribution in [0.25, 0.3) is 0 Å². The maximum absolute atomic E-state index is 11.9. The number of esters is 1. The molecule has 1 rings (SSSR count). The van der Waals surface area contributed by atoms with E-state index in [2.05, 4.69) is 17.5 Å². The highest BCUT2D eigenvalue weighted by Gasteiger charge is 2.50. The highest BCUT2D eigenvalue weighted by atomic mass is 32.1. The van der Waals surface area contributed by atoms with Crippen LogP contribution in [0.2, 0.25) is 0 Å². The Morgan fingerprint density at radius 2 is 2.38 bits per heavy atom. The minimum absolute atomic E-state index is 0.111. The molecular formula is C10H16N2O3S. The van der Waals surface area contributed by atoms with Gasteiger partial charge in [-0.15, -0.1) is 0 Å². The van der Waals surface area contributed by atoms with Crippen molar-refractivity contribution < 1.29 is 14.3 Å². The van der Waals surface area contributed by atoms with Gasteiger partial charge in [-0.2, -0.15) is 0 Å². The molecule has 1 amide bonds. The smallest absolute Gasteiger partial charge is 0.321 e. The second-order valence-corrected chi connectivity index (χ2v) is 4.33. The standard InChI is InChI=1S/C10H16N2O3S/c1-2-3-4-10(5-6-15-8(10)14)7(13)12-9(11)16/h2-6H2,1H3,(H3,11,12,13,16)/t10-/m0/s1. The van der Waals surface area contributed by atoms with E-state index in [-0.39, 0.29) is 11.7 Å². The molecule has 3 N–H and O–H groups in total. The molecule has 90 valence electrons. The number of nitrogens with one attached hydrogen (secondary N) is 1. The summed E-state index contributed by atoms with van der Waals surface area (Å²) in [6.45, 7) is 2.28. The van der Waals surface area contributed by atoms with E-state index >= 15 is 0 Å². The Morgan fingerprint density at radius 1 is 1.69 bits per heavy atom. The zero-order valence-corrected chi connectivity index (χ0v) is 10.1.